The first-order valence-electron chi connectivity index (χ1n) is 17.9. The maximum absolute atomic E-state index is 12.2. The number of anilines is 1. The van der Waals surface area contributed by atoms with Gasteiger partial charge in [-0.3, -0.25) is 5.32 Å². The van der Waals surface area contributed by atoms with Gasteiger partial charge in [0.1, 0.15) is 6.61 Å². The van der Waals surface area contributed by atoms with E-state index >= 15 is 0 Å². The molecule has 2 aromatic carbocycles. The van der Waals surface area contributed by atoms with Gasteiger partial charge in [0.15, 0.2) is 6.29 Å². The summed E-state index contributed by atoms with van der Waals surface area (Å²) in [4.78, 5) is 14.8. The molecule has 0 aliphatic carbocycles. The third-order valence-electron chi connectivity index (χ3n) is 8.95. The molecule has 7 nitrogen and oxygen atoms in total. The highest BCUT2D eigenvalue weighted by Crippen LogP contribution is 2.42. The monoisotopic (exact) mass is 636 g/mol. The van der Waals surface area contributed by atoms with Crippen molar-refractivity contribution in [3.05, 3.63) is 77.9 Å². The van der Waals surface area contributed by atoms with Crippen LogP contribution in [0.15, 0.2) is 61.2 Å². The van der Waals surface area contributed by atoms with Gasteiger partial charge in [-0.05, 0) is 49.2 Å². The molecule has 46 heavy (non-hydrogen) atoms. The van der Waals surface area contributed by atoms with Gasteiger partial charge >= 0.3 is 6.09 Å². The van der Waals surface area contributed by atoms with E-state index in [-0.39, 0.29) is 31.3 Å². The first-order valence-corrected chi connectivity index (χ1v) is 17.9. The summed E-state index contributed by atoms with van der Waals surface area (Å²) in [5.41, 5.74) is 3.41. The maximum atomic E-state index is 12.2. The van der Waals surface area contributed by atoms with Gasteiger partial charge in [0.05, 0.1) is 18.8 Å². The summed E-state index contributed by atoms with van der Waals surface area (Å²) < 4.78 is 18.6. The van der Waals surface area contributed by atoms with Gasteiger partial charge in [0.25, 0.3) is 0 Å². The zero-order valence-corrected chi connectivity index (χ0v) is 28.8. The molecule has 0 aromatic heterocycles. The smallest absolute Gasteiger partial charge is 0.411 e. The molecule has 1 amide bonds. The first-order chi connectivity index (χ1) is 22.5. The molecule has 4 unspecified atom stereocenters. The van der Waals surface area contributed by atoms with E-state index in [4.69, 9.17) is 14.2 Å². The second-order valence-corrected chi connectivity index (χ2v) is 12.8. The highest BCUT2D eigenvalue weighted by Gasteiger charge is 2.39. The van der Waals surface area contributed by atoms with E-state index in [2.05, 4.69) is 49.7 Å². The van der Waals surface area contributed by atoms with Crippen molar-refractivity contribution in [2.45, 2.75) is 123 Å². The largest absolute Gasteiger partial charge is 0.445 e. The molecule has 2 aromatic rings. The van der Waals surface area contributed by atoms with Crippen molar-refractivity contribution in [3.63, 3.8) is 0 Å². The number of carbonyl (C=O) groups is 1. The fraction of sp³-hybridized carbons (Fsp3) is 0.615. The van der Waals surface area contributed by atoms with Crippen LogP contribution in [0.2, 0.25) is 0 Å². The SMILES string of the molecule is C=CCOC(=O)Nc1cccc(C2OC(CN(CCCCCCCC)CCCCCCCC)C(C)C(c3ccc(CO)cc3)O2)c1. The quantitative estimate of drug-likeness (QED) is 0.0989. The average Bonchev–Trinajstić information content (AvgIpc) is 3.07. The number of unbranched alkanes of at least 4 members (excludes halogenated alkanes) is 10. The second-order valence-electron chi connectivity index (χ2n) is 12.8. The van der Waals surface area contributed by atoms with Gasteiger partial charge in [-0.15, -0.1) is 0 Å². The molecule has 1 saturated heterocycles. The van der Waals surface area contributed by atoms with Gasteiger partial charge in [0, 0.05) is 23.7 Å². The van der Waals surface area contributed by atoms with Crippen LogP contribution in [0.5, 0.6) is 0 Å². The summed E-state index contributed by atoms with van der Waals surface area (Å²) in [5.74, 6) is 0.114. The summed E-state index contributed by atoms with van der Waals surface area (Å²) in [5, 5.41) is 12.4. The Hall–Kier alpha value is -2.71. The Balaban J connectivity index is 1.79. The molecule has 0 bridgehead atoms. The van der Waals surface area contributed by atoms with Crippen LogP contribution in [0, 0.1) is 5.92 Å². The van der Waals surface area contributed by atoms with E-state index in [1.54, 1.807) is 0 Å². The molecule has 0 radical (unpaired) electrons. The lowest BCUT2D eigenvalue weighted by Crippen LogP contribution is -2.45. The van der Waals surface area contributed by atoms with Crippen molar-refractivity contribution < 1.29 is 24.1 Å². The van der Waals surface area contributed by atoms with E-state index in [9.17, 15) is 9.90 Å². The molecule has 3 rings (SSSR count). The highest BCUT2D eigenvalue weighted by atomic mass is 16.7. The lowest BCUT2D eigenvalue weighted by atomic mass is 9.90. The van der Waals surface area contributed by atoms with Gasteiger partial charge in [-0.2, -0.15) is 0 Å². The van der Waals surface area contributed by atoms with Crippen LogP contribution in [-0.4, -0.2) is 48.4 Å². The number of nitrogens with zero attached hydrogens (tertiary/aromatic N) is 1. The number of amides is 1. The molecule has 4 atom stereocenters. The molecule has 1 heterocycles. The third-order valence-corrected chi connectivity index (χ3v) is 8.95. The number of hydrogen-bond acceptors (Lipinski definition) is 6. The third kappa shape index (κ3) is 13.2. The maximum Gasteiger partial charge on any atom is 0.411 e. The summed E-state index contributed by atoms with van der Waals surface area (Å²) in [6.45, 7) is 13.5. The number of ether oxygens (including phenoxy) is 3. The van der Waals surface area contributed by atoms with E-state index in [0.717, 1.165) is 36.3 Å². The Morgan fingerprint density at radius 2 is 1.52 bits per heavy atom. The minimum atomic E-state index is -0.598. The van der Waals surface area contributed by atoms with Gasteiger partial charge in [0.2, 0.25) is 0 Å². The number of rotatable bonds is 22. The average molecular weight is 637 g/mol. The highest BCUT2D eigenvalue weighted by molar-refractivity contribution is 5.84. The Labute approximate surface area is 278 Å². The van der Waals surface area contributed by atoms with Crippen molar-refractivity contribution >= 4 is 11.8 Å². The molecule has 1 fully saturated rings. The summed E-state index contributed by atoms with van der Waals surface area (Å²) in [7, 11) is 0. The van der Waals surface area contributed by atoms with Crippen LogP contribution in [0.25, 0.3) is 0 Å². The fourth-order valence-corrected chi connectivity index (χ4v) is 6.16. The number of nitrogens with one attached hydrogen (secondary N) is 1. The lowest BCUT2D eigenvalue weighted by Gasteiger charge is -2.43. The molecule has 2 N–H and O–H groups in total. The summed E-state index contributed by atoms with van der Waals surface area (Å²) >= 11 is 0. The van der Waals surface area contributed by atoms with Crippen LogP contribution >= 0.6 is 0 Å². The molecular weight excluding hydrogens is 576 g/mol. The van der Waals surface area contributed by atoms with Crippen LogP contribution in [0.1, 0.15) is 127 Å². The fourth-order valence-electron chi connectivity index (χ4n) is 6.16. The van der Waals surface area contributed by atoms with Crippen molar-refractivity contribution in [2.24, 2.45) is 5.92 Å². The number of aliphatic hydroxyl groups excluding tert-OH is 1. The Bertz CT molecular complexity index is 1110. The van der Waals surface area contributed by atoms with Crippen molar-refractivity contribution in [1.82, 2.24) is 4.90 Å². The van der Waals surface area contributed by atoms with Gasteiger partial charge in [-0.1, -0.05) is 134 Å². The topological polar surface area (TPSA) is 80.3 Å². The van der Waals surface area contributed by atoms with E-state index < -0.39 is 12.4 Å². The second kappa shape index (κ2) is 22.0. The number of carbonyl (C=O) groups excluding carboxylic acids is 1. The van der Waals surface area contributed by atoms with Gasteiger partial charge < -0.3 is 24.2 Å². The molecule has 0 saturated carbocycles. The van der Waals surface area contributed by atoms with Crippen molar-refractivity contribution in [1.29, 1.82) is 0 Å². The van der Waals surface area contributed by atoms with E-state index in [1.165, 1.54) is 83.1 Å². The van der Waals surface area contributed by atoms with Crippen molar-refractivity contribution in [2.75, 3.05) is 31.6 Å². The zero-order valence-electron chi connectivity index (χ0n) is 28.8. The molecular formula is C39H60N2O5. The predicted octanol–water partition coefficient (Wildman–Crippen LogP) is 9.73. The Morgan fingerprint density at radius 3 is 2.13 bits per heavy atom. The Morgan fingerprint density at radius 1 is 0.891 bits per heavy atom. The zero-order chi connectivity index (χ0) is 33.0. The molecule has 0 spiro atoms. The van der Waals surface area contributed by atoms with Crippen LogP contribution < -0.4 is 5.32 Å². The van der Waals surface area contributed by atoms with Crippen LogP contribution in [0.3, 0.4) is 0 Å². The molecule has 7 heteroatoms. The first kappa shape index (κ1) is 37.7. The van der Waals surface area contributed by atoms with Gasteiger partial charge in [-0.25, -0.2) is 4.79 Å². The van der Waals surface area contributed by atoms with Crippen LogP contribution in [0.4, 0.5) is 10.5 Å². The van der Waals surface area contributed by atoms with E-state index in [1.807, 2.05) is 36.4 Å². The number of aliphatic hydroxyl groups is 1. The molecule has 1 aliphatic heterocycles. The lowest BCUT2D eigenvalue weighted by molar-refractivity contribution is -0.276. The minimum Gasteiger partial charge on any atom is -0.445 e. The van der Waals surface area contributed by atoms with Crippen LogP contribution in [-0.2, 0) is 20.8 Å². The predicted molar refractivity (Wildman–Crippen MR) is 188 cm³/mol. The normalized spacial score (nSPS) is 19.7. The van der Waals surface area contributed by atoms with E-state index in [0.29, 0.717) is 5.69 Å². The van der Waals surface area contributed by atoms with Crippen molar-refractivity contribution in [3.8, 4) is 0 Å². The molecule has 256 valence electrons. The minimum absolute atomic E-state index is 0.0105. The molecule has 1 aliphatic rings. The standard InChI is InChI=1S/C39H60N2O5/c1-5-8-10-12-14-16-25-41(26-17-15-13-11-9-6-2)29-36-31(4)37(33-23-21-32(30-42)22-24-33)46-38(45-36)34-19-18-20-35(28-34)40-39(43)44-27-7-3/h7,18-24,28,31,36-38,42H,3,5-6,8-17,25-27,29-30H2,1-2,4H3,(H,40,43). The number of hydrogen-bond donors (Lipinski definition) is 2. The Kier molecular flexibility index (Phi) is 18.0. The summed E-state index contributed by atoms with van der Waals surface area (Å²) in [6, 6.07) is 15.6. The number of benzene rings is 2. The summed E-state index contributed by atoms with van der Waals surface area (Å²) in [6.07, 6.45) is 15.6.